The Morgan fingerprint density at radius 2 is 1.95 bits per heavy atom. The van der Waals surface area contributed by atoms with Gasteiger partial charge in [-0.25, -0.2) is 0 Å². The van der Waals surface area contributed by atoms with E-state index >= 15 is 0 Å². The van der Waals surface area contributed by atoms with Gasteiger partial charge in [-0.2, -0.15) is 0 Å². The molecule has 21 heavy (non-hydrogen) atoms. The number of carbonyl (C=O) groups is 1. The first kappa shape index (κ1) is 15.4. The first-order valence-electron chi connectivity index (χ1n) is 6.17. The van der Waals surface area contributed by atoms with Crippen molar-refractivity contribution >= 4 is 40.9 Å². The molecule has 2 rings (SSSR count). The Morgan fingerprint density at radius 1 is 1.19 bits per heavy atom. The number of methoxy groups -OCH3 is 1. The van der Waals surface area contributed by atoms with E-state index in [4.69, 9.17) is 27.9 Å². The summed E-state index contributed by atoms with van der Waals surface area (Å²) in [6.45, 7) is 0. The SMILES string of the molecule is COc1cccc(/C=C/C(=O)Nc2cccc(Cl)c2)c1Cl. The number of anilines is 1. The highest BCUT2D eigenvalue weighted by atomic mass is 35.5. The first-order valence-corrected chi connectivity index (χ1v) is 6.93. The number of hydrogen-bond acceptors (Lipinski definition) is 2. The minimum absolute atomic E-state index is 0.267. The monoisotopic (exact) mass is 321 g/mol. The van der Waals surface area contributed by atoms with Crippen molar-refractivity contribution in [2.45, 2.75) is 0 Å². The van der Waals surface area contributed by atoms with E-state index in [-0.39, 0.29) is 5.91 Å². The summed E-state index contributed by atoms with van der Waals surface area (Å²) in [6, 6.07) is 12.3. The van der Waals surface area contributed by atoms with Gasteiger partial charge in [0.1, 0.15) is 5.75 Å². The predicted octanol–water partition coefficient (Wildman–Crippen LogP) is 4.65. The van der Waals surface area contributed by atoms with Gasteiger partial charge in [0.15, 0.2) is 0 Å². The van der Waals surface area contributed by atoms with Gasteiger partial charge in [0.2, 0.25) is 5.91 Å². The summed E-state index contributed by atoms with van der Waals surface area (Å²) in [7, 11) is 1.54. The minimum atomic E-state index is -0.267. The highest BCUT2D eigenvalue weighted by Gasteiger charge is 2.04. The molecule has 0 radical (unpaired) electrons. The van der Waals surface area contributed by atoms with E-state index in [9.17, 15) is 4.79 Å². The van der Waals surface area contributed by atoms with E-state index in [0.29, 0.717) is 27.0 Å². The Kier molecular flexibility index (Phi) is 5.26. The molecule has 1 amide bonds. The Hall–Kier alpha value is -1.97. The van der Waals surface area contributed by atoms with Gasteiger partial charge in [-0.1, -0.05) is 41.4 Å². The Bertz CT molecular complexity index is 684. The predicted molar refractivity (Wildman–Crippen MR) is 87.1 cm³/mol. The smallest absolute Gasteiger partial charge is 0.248 e. The largest absolute Gasteiger partial charge is 0.495 e. The van der Waals surface area contributed by atoms with E-state index in [1.54, 1.807) is 55.7 Å². The molecule has 0 aromatic heterocycles. The molecule has 108 valence electrons. The number of amides is 1. The summed E-state index contributed by atoms with van der Waals surface area (Å²) in [5.41, 5.74) is 1.34. The molecule has 0 aliphatic rings. The molecule has 1 N–H and O–H groups in total. The van der Waals surface area contributed by atoms with Crippen molar-refractivity contribution in [3.63, 3.8) is 0 Å². The van der Waals surface area contributed by atoms with Crippen LogP contribution < -0.4 is 10.1 Å². The molecule has 0 saturated carbocycles. The third kappa shape index (κ3) is 4.25. The molecule has 0 bridgehead atoms. The van der Waals surface area contributed by atoms with Crippen LogP contribution in [-0.4, -0.2) is 13.0 Å². The molecular weight excluding hydrogens is 309 g/mol. The van der Waals surface area contributed by atoms with Gasteiger partial charge in [0.25, 0.3) is 0 Å². The van der Waals surface area contributed by atoms with Crippen molar-refractivity contribution in [1.29, 1.82) is 0 Å². The molecule has 0 unspecified atom stereocenters. The number of halogens is 2. The van der Waals surface area contributed by atoms with Gasteiger partial charge in [-0.3, -0.25) is 4.79 Å². The van der Waals surface area contributed by atoms with Gasteiger partial charge < -0.3 is 10.1 Å². The lowest BCUT2D eigenvalue weighted by atomic mass is 10.2. The fraction of sp³-hybridized carbons (Fsp3) is 0.0625. The number of hydrogen-bond donors (Lipinski definition) is 1. The van der Waals surface area contributed by atoms with Crippen molar-refractivity contribution in [3.05, 3.63) is 64.1 Å². The third-order valence-electron chi connectivity index (χ3n) is 2.72. The average Bonchev–Trinajstić information content (AvgIpc) is 2.46. The maximum atomic E-state index is 11.8. The summed E-state index contributed by atoms with van der Waals surface area (Å²) in [5.74, 6) is 0.296. The highest BCUT2D eigenvalue weighted by Crippen LogP contribution is 2.28. The summed E-state index contributed by atoms with van der Waals surface area (Å²) in [4.78, 5) is 11.8. The standard InChI is InChI=1S/C16H13Cl2NO2/c1-21-14-7-2-4-11(16(14)18)8-9-15(20)19-13-6-3-5-12(17)10-13/h2-10H,1H3,(H,19,20)/b9-8+. The van der Waals surface area contributed by atoms with Crippen molar-refractivity contribution in [2.75, 3.05) is 12.4 Å². The first-order chi connectivity index (χ1) is 10.1. The van der Waals surface area contributed by atoms with Crippen LogP contribution in [0.2, 0.25) is 10.0 Å². The fourth-order valence-electron chi connectivity index (χ4n) is 1.73. The van der Waals surface area contributed by atoms with Gasteiger partial charge in [0.05, 0.1) is 12.1 Å². The summed E-state index contributed by atoms with van der Waals surface area (Å²) in [6.07, 6.45) is 3.03. The maximum absolute atomic E-state index is 11.8. The zero-order valence-electron chi connectivity index (χ0n) is 11.3. The molecular formula is C16H13Cl2NO2. The summed E-state index contributed by atoms with van der Waals surface area (Å²) < 4.78 is 5.12. The van der Waals surface area contributed by atoms with E-state index in [0.717, 1.165) is 0 Å². The van der Waals surface area contributed by atoms with Crippen molar-refractivity contribution in [2.24, 2.45) is 0 Å². The lowest BCUT2D eigenvalue weighted by Crippen LogP contribution is -2.07. The number of nitrogens with one attached hydrogen (secondary N) is 1. The minimum Gasteiger partial charge on any atom is -0.495 e. The quantitative estimate of drug-likeness (QED) is 0.832. The molecule has 0 saturated heterocycles. The number of benzene rings is 2. The van der Waals surface area contributed by atoms with Crippen LogP contribution in [0.1, 0.15) is 5.56 Å². The van der Waals surface area contributed by atoms with Crippen LogP contribution in [-0.2, 0) is 4.79 Å². The van der Waals surface area contributed by atoms with Crippen molar-refractivity contribution in [3.8, 4) is 5.75 Å². The maximum Gasteiger partial charge on any atom is 0.248 e. The molecule has 2 aromatic rings. The van der Waals surface area contributed by atoms with Crippen LogP contribution in [0.15, 0.2) is 48.5 Å². The van der Waals surface area contributed by atoms with Crippen molar-refractivity contribution < 1.29 is 9.53 Å². The van der Waals surface area contributed by atoms with Gasteiger partial charge in [-0.05, 0) is 35.9 Å². The summed E-state index contributed by atoms with van der Waals surface area (Å²) >= 11 is 12.0. The lowest BCUT2D eigenvalue weighted by Gasteiger charge is -2.05. The van der Waals surface area contributed by atoms with Gasteiger partial charge in [-0.15, -0.1) is 0 Å². The molecule has 0 aliphatic carbocycles. The zero-order valence-corrected chi connectivity index (χ0v) is 12.8. The van der Waals surface area contributed by atoms with Crippen LogP contribution in [0.5, 0.6) is 5.75 Å². The lowest BCUT2D eigenvalue weighted by molar-refractivity contribution is -0.111. The van der Waals surface area contributed by atoms with Crippen LogP contribution in [0.3, 0.4) is 0 Å². The van der Waals surface area contributed by atoms with Crippen LogP contribution in [0.4, 0.5) is 5.69 Å². The molecule has 5 heteroatoms. The fourth-order valence-corrected chi connectivity index (χ4v) is 2.19. The molecule has 0 heterocycles. The molecule has 0 fully saturated rings. The second-order valence-corrected chi connectivity index (χ2v) is 5.01. The van der Waals surface area contributed by atoms with E-state index in [2.05, 4.69) is 5.32 Å². The van der Waals surface area contributed by atoms with Crippen LogP contribution in [0.25, 0.3) is 6.08 Å². The highest BCUT2D eigenvalue weighted by molar-refractivity contribution is 6.33. The molecule has 0 atom stereocenters. The van der Waals surface area contributed by atoms with E-state index < -0.39 is 0 Å². The van der Waals surface area contributed by atoms with E-state index in [1.807, 2.05) is 0 Å². The number of carbonyl (C=O) groups excluding carboxylic acids is 1. The second kappa shape index (κ2) is 7.16. The van der Waals surface area contributed by atoms with Gasteiger partial charge in [0, 0.05) is 16.8 Å². The van der Waals surface area contributed by atoms with Crippen molar-refractivity contribution in [1.82, 2.24) is 0 Å². The molecule has 3 nitrogen and oxygen atoms in total. The topological polar surface area (TPSA) is 38.3 Å². The normalized spacial score (nSPS) is 10.6. The summed E-state index contributed by atoms with van der Waals surface area (Å²) in [5, 5.41) is 3.74. The molecule has 2 aromatic carbocycles. The molecule has 0 aliphatic heterocycles. The third-order valence-corrected chi connectivity index (χ3v) is 3.36. The van der Waals surface area contributed by atoms with Gasteiger partial charge >= 0.3 is 0 Å². The Labute approximate surface area is 133 Å². The second-order valence-electron chi connectivity index (χ2n) is 4.20. The average molecular weight is 322 g/mol. The Balaban J connectivity index is 2.09. The van der Waals surface area contributed by atoms with Crippen LogP contribution in [0, 0.1) is 0 Å². The molecule has 0 spiro atoms. The Morgan fingerprint density at radius 3 is 2.67 bits per heavy atom. The zero-order chi connectivity index (χ0) is 15.2. The van der Waals surface area contributed by atoms with E-state index in [1.165, 1.54) is 6.08 Å². The number of rotatable bonds is 4. The number of ether oxygens (including phenoxy) is 1. The van der Waals surface area contributed by atoms with Crippen LogP contribution >= 0.6 is 23.2 Å².